The molecule has 2 heterocycles. The lowest BCUT2D eigenvalue weighted by molar-refractivity contribution is -0.137. The number of carbonyl (C=O) groups excluding carboxylic acids is 1. The van der Waals surface area contributed by atoms with Crippen molar-refractivity contribution in [2.24, 2.45) is 0 Å². The van der Waals surface area contributed by atoms with Crippen LogP contribution in [0.1, 0.15) is 16.1 Å². The van der Waals surface area contributed by atoms with E-state index in [1.54, 1.807) is 12.1 Å². The highest BCUT2D eigenvalue weighted by Gasteiger charge is 2.34. The van der Waals surface area contributed by atoms with E-state index < -0.39 is 17.6 Å². The van der Waals surface area contributed by atoms with Crippen molar-refractivity contribution >= 4 is 22.6 Å². The molecule has 0 bridgehead atoms. The van der Waals surface area contributed by atoms with Crippen LogP contribution in [0, 0.1) is 0 Å². The van der Waals surface area contributed by atoms with Crippen LogP contribution in [0.15, 0.2) is 65.2 Å². The summed E-state index contributed by atoms with van der Waals surface area (Å²) < 4.78 is 48.6. The maximum absolute atomic E-state index is 13.2. The van der Waals surface area contributed by atoms with E-state index >= 15 is 0 Å². The molecule has 29 heavy (non-hydrogen) atoms. The topological polar surface area (TPSA) is 80.9 Å². The second kappa shape index (κ2) is 7.47. The first kappa shape index (κ1) is 18.8. The largest absolute Gasteiger partial charge is 0.417 e. The molecule has 2 aromatic heterocycles. The number of nitrogens with zero attached hydrogens (tertiary/aromatic N) is 3. The lowest BCUT2D eigenvalue weighted by Crippen LogP contribution is -2.12. The minimum Gasteiger partial charge on any atom is -0.355 e. The summed E-state index contributed by atoms with van der Waals surface area (Å²) in [5, 5.41) is 6.24. The number of halogens is 3. The average molecular weight is 416 g/mol. The van der Waals surface area contributed by atoms with Gasteiger partial charge in [0.1, 0.15) is 0 Å². The quantitative estimate of drug-likeness (QED) is 0.499. The molecular weight excluding hydrogens is 405 g/mol. The van der Waals surface area contributed by atoms with Crippen molar-refractivity contribution in [2.45, 2.75) is 6.18 Å². The zero-order chi connectivity index (χ0) is 20.4. The molecule has 4 aromatic rings. The van der Waals surface area contributed by atoms with Crippen molar-refractivity contribution in [3.63, 3.8) is 0 Å². The Morgan fingerprint density at radius 3 is 2.52 bits per heavy atom. The van der Waals surface area contributed by atoms with Crippen LogP contribution in [0.4, 0.5) is 18.3 Å². The van der Waals surface area contributed by atoms with Gasteiger partial charge in [0.2, 0.25) is 5.13 Å². The minimum absolute atomic E-state index is 0.0105. The Bertz CT molecular complexity index is 1160. The number of rotatable bonds is 4. The summed E-state index contributed by atoms with van der Waals surface area (Å²) in [5.41, 5.74) is -0.249. The van der Waals surface area contributed by atoms with Gasteiger partial charge in [-0.15, -0.1) is 0 Å². The lowest BCUT2D eigenvalue weighted by atomic mass is 10.1. The van der Waals surface area contributed by atoms with Crippen LogP contribution in [-0.4, -0.2) is 20.4 Å². The van der Waals surface area contributed by atoms with Gasteiger partial charge < -0.3 is 4.52 Å². The number of nitrogens with one attached hydrogen (secondary N) is 1. The molecule has 0 unspecified atom stereocenters. The van der Waals surface area contributed by atoms with E-state index in [-0.39, 0.29) is 22.2 Å². The SMILES string of the molecule is O=C(Nc1nc(-c2ccccc2C(F)(F)F)ns1)c1cc(-c2ccccc2)on1. The van der Waals surface area contributed by atoms with E-state index in [1.165, 1.54) is 24.3 Å². The Kier molecular flexibility index (Phi) is 4.85. The van der Waals surface area contributed by atoms with Crippen molar-refractivity contribution in [3.8, 4) is 22.7 Å². The molecule has 1 amide bonds. The summed E-state index contributed by atoms with van der Waals surface area (Å²) in [5.74, 6) is -0.320. The first-order valence-corrected chi connectivity index (χ1v) is 9.03. The normalized spacial score (nSPS) is 11.4. The van der Waals surface area contributed by atoms with E-state index in [2.05, 4.69) is 19.8 Å². The average Bonchev–Trinajstić information content (AvgIpc) is 3.38. The predicted octanol–water partition coefficient (Wildman–Crippen LogP) is 5.13. The maximum Gasteiger partial charge on any atom is 0.417 e. The molecule has 10 heteroatoms. The monoisotopic (exact) mass is 416 g/mol. The third kappa shape index (κ3) is 4.02. The highest BCUT2D eigenvalue weighted by atomic mass is 32.1. The second-order valence-electron chi connectivity index (χ2n) is 5.86. The summed E-state index contributed by atoms with van der Waals surface area (Å²) in [6.45, 7) is 0. The fourth-order valence-electron chi connectivity index (χ4n) is 2.59. The zero-order valence-corrected chi connectivity index (χ0v) is 15.3. The van der Waals surface area contributed by atoms with Gasteiger partial charge in [0.15, 0.2) is 17.3 Å². The van der Waals surface area contributed by atoms with Gasteiger partial charge in [0.25, 0.3) is 5.91 Å². The van der Waals surface area contributed by atoms with Gasteiger partial charge in [0.05, 0.1) is 5.56 Å². The van der Waals surface area contributed by atoms with Crippen LogP contribution in [0.2, 0.25) is 0 Å². The smallest absolute Gasteiger partial charge is 0.355 e. The number of anilines is 1. The molecule has 1 N–H and O–H groups in total. The number of hydrogen-bond donors (Lipinski definition) is 1. The fraction of sp³-hybridized carbons (Fsp3) is 0.0526. The van der Waals surface area contributed by atoms with Gasteiger partial charge in [0, 0.05) is 28.7 Å². The molecular formula is C19H11F3N4O2S. The number of hydrogen-bond acceptors (Lipinski definition) is 6. The summed E-state index contributed by atoms with van der Waals surface area (Å²) in [6.07, 6.45) is -4.54. The van der Waals surface area contributed by atoms with Gasteiger partial charge in [-0.05, 0) is 6.07 Å². The summed E-state index contributed by atoms with van der Waals surface area (Å²) in [4.78, 5) is 16.4. The van der Waals surface area contributed by atoms with Gasteiger partial charge in [-0.2, -0.15) is 22.5 Å². The fourth-order valence-corrected chi connectivity index (χ4v) is 3.17. The Balaban J connectivity index is 1.53. The number of amides is 1. The third-order valence-electron chi connectivity index (χ3n) is 3.92. The molecule has 6 nitrogen and oxygen atoms in total. The van der Waals surface area contributed by atoms with Crippen molar-refractivity contribution in [1.29, 1.82) is 0 Å². The molecule has 2 aromatic carbocycles. The van der Waals surface area contributed by atoms with Crippen molar-refractivity contribution in [2.75, 3.05) is 5.32 Å². The predicted molar refractivity (Wildman–Crippen MR) is 100 cm³/mol. The molecule has 0 aliphatic rings. The van der Waals surface area contributed by atoms with Crippen LogP contribution < -0.4 is 5.32 Å². The van der Waals surface area contributed by atoms with E-state index in [1.807, 2.05) is 18.2 Å². The van der Waals surface area contributed by atoms with Crippen molar-refractivity contribution in [1.82, 2.24) is 14.5 Å². The van der Waals surface area contributed by atoms with Gasteiger partial charge in [-0.1, -0.05) is 53.7 Å². The van der Waals surface area contributed by atoms with E-state index in [0.717, 1.165) is 23.2 Å². The lowest BCUT2D eigenvalue weighted by Gasteiger charge is -2.09. The second-order valence-corrected chi connectivity index (χ2v) is 6.61. The van der Waals surface area contributed by atoms with E-state index in [4.69, 9.17) is 4.52 Å². The molecule has 0 aliphatic heterocycles. The van der Waals surface area contributed by atoms with Crippen molar-refractivity contribution < 1.29 is 22.5 Å². The molecule has 0 atom stereocenters. The molecule has 4 rings (SSSR count). The molecule has 0 saturated carbocycles. The third-order valence-corrected chi connectivity index (χ3v) is 4.55. The van der Waals surface area contributed by atoms with Crippen LogP contribution in [-0.2, 0) is 6.18 Å². The Labute approximate surface area is 166 Å². The highest BCUT2D eigenvalue weighted by Crippen LogP contribution is 2.36. The summed E-state index contributed by atoms with van der Waals surface area (Å²) >= 11 is 0.771. The molecule has 146 valence electrons. The summed E-state index contributed by atoms with van der Waals surface area (Å²) in [7, 11) is 0. The first-order chi connectivity index (χ1) is 13.9. The standard InChI is InChI=1S/C19H11F3N4O2S/c20-19(21,22)13-9-5-4-8-12(13)16-23-18(29-26-16)24-17(27)14-10-15(28-25-14)11-6-2-1-3-7-11/h1-10H,(H,23,24,26,27). The minimum atomic E-state index is -4.54. The summed E-state index contributed by atoms with van der Waals surface area (Å²) in [6, 6.07) is 15.5. The van der Waals surface area contributed by atoms with Crippen LogP contribution in [0.5, 0.6) is 0 Å². The molecule has 0 saturated heterocycles. The number of benzene rings is 2. The van der Waals surface area contributed by atoms with Gasteiger partial charge in [-0.3, -0.25) is 10.1 Å². The molecule has 0 aliphatic carbocycles. The van der Waals surface area contributed by atoms with Crippen LogP contribution in [0.3, 0.4) is 0 Å². The first-order valence-electron chi connectivity index (χ1n) is 8.25. The van der Waals surface area contributed by atoms with E-state index in [9.17, 15) is 18.0 Å². The Morgan fingerprint density at radius 1 is 1.03 bits per heavy atom. The molecule has 0 spiro atoms. The van der Waals surface area contributed by atoms with Gasteiger partial charge >= 0.3 is 6.18 Å². The molecule has 0 fully saturated rings. The molecule has 0 radical (unpaired) electrons. The van der Waals surface area contributed by atoms with Gasteiger partial charge in [-0.25, -0.2) is 0 Å². The highest BCUT2D eigenvalue weighted by molar-refractivity contribution is 7.10. The van der Waals surface area contributed by atoms with Crippen LogP contribution in [0.25, 0.3) is 22.7 Å². The number of carbonyl (C=O) groups is 1. The van der Waals surface area contributed by atoms with Crippen molar-refractivity contribution in [3.05, 3.63) is 71.9 Å². The number of alkyl halides is 3. The Morgan fingerprint density at radius 2 is 1.76 bits per heavy atom. The van der Waals surface area contributed by atoms with E-state index in [0.29, 0.717) is 5.76 Å². The number of aromatic nitrogens is 3. The maximum atomic E-state index is 13.2. The Hall–Kier alpha value is -3.53. The zero-order valence-electron chi connectivity index (χ0n) is 14.5. The van der Waals surface area contributed by atoms with Crippen LogP contribution >= 0.6 is 11.5 Å².